The molecule has 6 nitrogen and oxygen atoms in total. The molecule has 2 rings (SSSR count). The maximum Gasteiger partial charge on any atom is 0.360 e. The lowest BCUT2D eigenvalue weighted by molar-refractivity contribution is -0.132. The molecule has 0 spiro atoms. The molecular formula is C22H26N2O4. The molecule has 0 bridgehead atoms. The molecule has 0 aliphatic rings. The molecule has 0 aromatic heterocycles. The Hall–Kier alpha value is -3.15. The van der Waals surface area contributed by atoms with E-state index in [0.717, 1.165) is 33.5 Å². The Morgan fingerprint density at radius 3 is 2.39 bits per heavy atom. The molecule has 0 saturated carbocycles. The Morgan fingerprint density at radius 2 is 1.71 bits per heavy atom. The van der Waals surface area contributed by atoms with Crippen molar-refractivity contribution in [1.29, 1.82) is 0 Å². The van der Waals surface area contributed by atoms with Crippen LogP contribution in [-0.2, 0) is 25.8 Å². The van der Waals surface area contributed by atoms with E-state index in [1.807, 2.05) is 39.8 Å². The van der Waals surface area contributed by atoms with Crippen molar-refractivity contribution in [3.8, 4) is 0 Å². The fourth-order valence-corrected chi connectivity index (χ4v) is 2.87. The molecule has 0 radical (unpaired) electrons. The maximum absolute atomic E-state index is 12.1. The van der Waals surface area contributed by atoms with Crippen molar-refractivity contribution < 1.29 is 19.2 Å². The first-order valence-corrected chi connectivity index (χ1v) is 8.91. The fourth-order valence-electron chi connectivity index (χ4n) is 2.87. The molecule has 0 atom stereocenters. The number of ether oxygens (including phenoxy) is 1. The van der Waals surface area contributed by atoms with Gasteiger partial charge in [0.25, 0.3) is 0 Å². The number of esters is 1. The van der Waals surface area contributed by atoms with E-state index in [1.165, 1.54) is 14.2 Å². The largest absolute Gasteiger partial charge is 0.464 e. The minimum absolute atomic E-state index is 0.0857. The van der Waals surface area contributed by atoms with Gasteiger partial charge in [-0.2, -0.15) is 0 Å². The number of methoxy groups -OCH3 is 1. The van der Waals surface area contributed by atoms with Crippen molar-refractivity contribution in [3.05, 3.63) is 69.8 Å². The monoisotopic (exact) mass is 382 g/mol. The van der Waals surface area contributed by atoms with Crippen LogP contribution in [0.15, 0.2) is 46.7 Å². The van der Waals surface area contributed by atoms with Gasteiger partial charge in [-0.05, 0) is 44.9 Å². The second-order valence-corrected chi connectivity index (χ2v) is 6.48. The Bertz CT molecular complexity index is 917. The summed E-state index contributed by atoms with van der Waals surface area (Å²) in [6.45, 7) is 8.11. The SMILES string of the molecule is CO/N=C(/C(=O)OC)c1cccc(C)c1CO/N=C(\C)c1cc(C)ccc1C. The number of carbonyl (C=O) groups excluding carboxylic acids is 1. The molecule has 28 heavy (non-hydrogen) atoms. The molecule has 0 aliphatic heterocycles. The van der Waals surface area contributed by atoms with Crippen LogP contribution < -0.4 is 0 Å². The zero-order valence-corrected chi connectivity index (χ0v) is 17.2. The lowest BCUT2D eigenvalue weighted by Crippen LogP contribution is -2.20. The van der Waals surface area contributed by atoms with Crippen molar-refractivity contribution in [3.63, 3.8) is 0 Å². The Balaban J connectivity index is 2.31. The highest BCUT2D eigenvalue weighted by Crippen LogP contribution is 2.18. The van der Waals surface area contributed by atoms with Gasteiger partial charge in [0, 0.05) is 16.7 Å². The number of hydrogen-bond donors (Lipinski definition) is 0. The minimum atomic E-state index is -0.580. The van der Waals surface area contributed by atoms with Crippen LogP contribution in [0.3, 0.4) is 0 Å². The number of benzene rings is 2. The van der Waals surface area contributed by atoms with E-state index in [0.29, 0.717) is 5.56 Å². The number of rotatable bonds is 7. The highest BCUT2D eigenvalue weighted by atomic mass is 16.6. The third kappa shape index (κ3) is 4.97. The molecule has 0 saturated heterocycles. The summed E-state index contributed by atoms with van der Waals surface area (Å²) in [4.78, 5) is 22.6. The van der Waals surface area contributed by atoms with Crippen molar-refractivity contribution in [2.24, 2.45) is 10.3 Å². The highest BCUT2D eigenvalue weighted by Gasteiger charge is 2.20. The first kappa shape index (κ1) is 21.2. The van der Waals surface area contributed by atoms with Crippen molar-refractivity contribution in [2.75, 3.05) is 14.2 Å². The minimum Gasteiger partial charge on any atom is -0.464 e. The maximum atomic E-state index is 12.1. The van der Waals surface area contributed by atoms with Crippen LogP contribution >= 0.6 is 0 Å². The molecule has 148 valence electrons. The number of oxime groups is 2. The first-order valence-electron chi connectivity index (χ1n) is 8.91. The second kappa shape index (κ2) is 9.69. The molecular weight excluding hydrogens is 356 g/mol. The summed E-state index contributed by atoms with van der Waals surface area (Å²) in [5, 5.41) is 8.10. The number of hydrogen-bond acceptors (Lipinski definition) is 6. The van der Waals surface area contributed by atoms with Crippen LogP contribution in [0, 0.1) is 20.8 Å². The Labute approximate surface area is 165 Å². The second-order valence-electron chi connectivity index (χ2n) is 6.48. The predicted octanol–water partition coefficient (Wildman–Crippen LogP) is 4.08. The molecule has 0 aliphatic carbocycles. The average Bonchev–Trinajstić information content (AvgIpc) is 2.68. The van der Waals surface area contributed by atoms with Gasteiger partial charge in [0.05, 0.1) is 12.8 Å². The Morgan fingerprint density at radius 1 is 0.964 bits per heavy atom. The zero-order chi connectivity index (χ0) is 20.7. The number of aryl methyl sites for hydroxylation is 3. The zero-order valence-electron chi connectivity index (χ0n) is 17.2. The molecule has 2 aromatic carbocycles. The van der Waals surface area contributed by atoms with E-state index in [9.17, 15) is 4.79 Å². The van der Waals surface area contributed by atoms with E-state index in [-0.39, 0.29) is 12.3 Å². The molecule has 0 fully saturated rings. The lowest BCUT2D eigenvalue weighted by Gasteiger charge is -2.13. The van der Waals surface area contributed by atoms with Crippen LogP contribution in [-0.4, -0.2) is 31.6 Å². The first-order chi connectivity index (χ1) is 13.4. The van der Waals surface area contributed by atoms with Gasteiger partial charge in [0.2, 0.25) is 0 Å². The smallest absolute Gasteiger partial charge is 0.360 e. The number of nitrogens with zero attached hydrogens (tertiary/aromatic N) is 2. The van der Waals surface area contributed by atoms with Gasteiger partial charge < -0.3 is 14.4 Å². The third-order valence-corrected chi connectivity index (χ3v) is 4.42. The van der Waals surface area contributed by atoms with E-state index in [2.05, 4.69) is 28.5 Å². The van der Waals surface area contributed by atoms with Crippen molar-refractivity contribution in [2.45, 2.75) is 34.3 Å². The summed E-state index contributed by atoms with van der Waals surface area (Å²) in [5.74, 6) is -0.580. The standard InChI is InChI=1S/C22H26N2O4/c1-14-10-11-16(3)19(12-14)17(4)23-28-13-20-15(2)8-7-9-18(20)21(24-27-6)22(25)26-5/h7-12H,13H2,1-6H3/b23-17+,24-21+. The highest BCUT2D eigenvalue weighted by molar-refractivity contribution is 6.43. The molecule has 6 heteroatoms. The van der Waals surface area contributed by atoms with Gasteiger partial charge in [0.15, 0.2) is 5.71 Å². The van der Waals surface area contributed by atoms with Gasteiger partial charge in [-0.3, -0.25) is 0 Å². The summed E-state index contributed by atoms with van der Waals surface area (Å²) < 4.78 is 4.82. The number of carbonyl (C=O) groups is 1. The molecule has 2 aromatic rings. The topological polar surface area (TPSA) is 69.5 Å². The van der Waals surface area contributed by atoms with Crippen molar-refractivity contribution in [1.82, 2.24) is 0 Å². The fraction of sp³-hybridized carbons (Fsp3) is 0.318. The van der Waals surface area contributed by atoms with Gasteiger partial charge in [0.1, 0.15) is 13.7 Å². The van der Waals surface area contributed by atoms with Crippen LogP contribution in [0.5, 0.6) is 0 Å². The third-order valence-electron chi connectivity index (χ3n) is 4.42. The van der Waals surface area contributed by atoms with Gasteiger partial charge in [-0.1, -0.05) is 46.2 Å². The van der Waals surface area contributed by atoms with Gasteiger partial charge >= 0.3 is 5.97 Å². The molecule has 0 N–H and O–H groups in total. The lowest BCUT2D eigenvalue weighted by atomic mass is 9.99. The van der Waals surface area contributed by atoms with E-state index in [4.69, 9.17) is 14.4 Å². The van der Waals surface area contributed by atoms with Crippen LogP contribution in [0.2, 0.25) is 0 Å². The molecule has 0 unspecified atom stereocenters. The quantitative estimate of drug-likeness (QED) is 0.411. The summed E-state index contributed by atoms with van der Waals surface area (Å²) in [7, 11) is 2.68. The van der Waals surface area contributed by atoms with Gasteiger partial charge in [-0.15, -0.1) is 0 Å². The molecule has 0 amide bonds. The van der Waals surface area contributed by atoms with Crippen LogP contribution in [0.25, 0.3) is 0 Å². The Kier molecular flexibility index (Phi) is 7.32. The molecule has 0 heterocycles. The van der Waals surface area contributed by atoms with Gasteiger partial charge in [-0.25, -0.2) is 4.79 Å². The average molecular weight is 382 g/mol. The van der Waals surface area contributed by atoms with Crippen molar-refractivity contribution >= 4 is 17.4 Å². The normalized spacial score (nSPS) is 11.9. The summed E-state index contributed by atoms with van der Waals surface area (Å²) in [6.07, 6.45) is 0. The van der Waals surface area contributed by atoms with E-state index >= 15 is 0 Å². The van der Waals surface area contributed by atoms with Crippen LogP contribution in [0.1, 0.15) is 40.3 Å². The predicted molar refractivity (Wildman–Crippen MR) is 110 cm³/mol. The summed E-state index contributed by atoms with van der Waals surface area (Å²) in [6, 6.07) is 11.8. The van der Waals surface area contributed by atoms with E-state index in [1.54, 1.807) is 6.07 Å². The summed E-state index contributed by atoms with van der Waals surface area (Å²) in [5.41, 5.74) is 6.54. The summed E-state index contributed by atoms with van der Waals surface area (Å²) >= 11 is 0. The van der Waals surface area contributed by atoms with Crippen LogP contribution in [0.4, 0.5) is 0 Å². The van der Waals surface area contributed by atoms with E-state index < -0.39 is 5.97 Å².